The Kier molecular flexibility index (Phi) is 7.25. The van der Waals surface area contributed by atoms with E-state index >= 15 is 0 Å². The number of aromatic nitrogens is 2. The molecule has 4 nitrogen and oxygen atoms in total. The highest BCUT2D eigenvalue weighted by Crippen LogP contribution is 2.65. The molecule has 0 fully saturated rings. The van der Waals surface area contributed by atoms with E-state index in [0.29, 0.717) is 5.56 Å². The van der Waals surface area contributed by atoms with Crippen LogP contribution in [0.15, 0.2) is 242 Å². The molecule has 74 heavy (non-hydrogen) atoms. The molecule has 10 aromatic carbocycles. The summed E-state index contributed by atoms with van der Waals surface area (Å²) in [5, 5.41) is 0. The lowest BCUT2D eigenvalue weighted by atomic mass is 9.33. The largest absolute Gasteiger partial charge is 0.311 e. The van der Waals surface area contributed by atoms with Gasteiger partial charge in [0.1, 0.15) is 0 Å². The lowest BCUT2D eigenvalue weighted by Gasteiger charge is -2.45. The van der Waals surface area contributed by atoms with Gasteiger partial charge in [0.15, 0.2) is 5.82 Å². The molecule has 5 heteroatoms. The quantitative estimate of drug-likeness (QED) is 0.161. The number of hydrogen-bond acceptors (Lipinski definition) is 4. The van der Waals surface area contributed by atoms with Crippen LogP contribution in [0, 0.1) is 0 Å². The highest BCUT2D eigenvalue weighted by atomic mass is 15.2. The van der Waals surface area contributed by atoms with Crippen LogP contribution in [0.1, 0.15) is 62.3 Å². The molecule has 1 unspecified atom stereocenters. The first-order chi connectivity index (χ1) is 40.5. The third-order valence-electron chi connectivity index (χ3n) is 15.6. The maximum Gasteiger partial charge on any atom is 0.252 e. The summed E-state index contributed by atoms with van der Waals surface area (Å²) < 4.78 is 87.9. The summed E-state index contributed by atoms with van der Waals surface area (Å²) in [6, 6.07) is 58.9. The maximum absolute atomic E-state index is 9.11. The van der Waals surface area contributed by atoms with E-state index in [2.05, 4.69) is 188 Å². The van der Waals surface area contributed by atoms with Crippen LogP contribution in [0.2, 0.25) is 0 Å². The topological polar surface area (TPSA) is 32.3 Å². The number of hydrogen-bond donors (Lipinski definition) is 0. The van der Waals surface area contributed by atoms with Crippen molar-refractivity contribution in [3.05, 3.63) is 270 Å². The first-order valence-electron chi connectivity index (χ1n) is 30.0. The molecule has 1 atom stereocenters. The molecule has 0 bridgehead atoms. The van der Waals surface area contributed by atoms with Crippen molar-refractivity contribution in [3.8, 4) is 56.2 Å². The normalized spacial score (nSPS) is 17.1. The first-order valence-corrected chi connectivity index (χ1v) is 25.0. The van der Waals surface area contributed by atoms with Crippen LogP contribution in [-0.4, -0.2) is 16.7 Å². The molecule has 11 aromatic rings. The fraction of sp³-hybridized carbons (Fsp3) is 0.0725. The molecule has 2 aliphatic carbocycles. The summed E-state index contributed by atoms with van der Waals surface area (Å²) in [6.45, 7) is 6.67. The van der Waals surface area contributed by atoms with Gasteiger partial charge in [0.05, 0.1) is 30.5 Å². The zero-order valence-corrected chi connectivity index (χ0v) is 40.7. The Morgan fingerprint density at radius 2 is 0.986 bits per heavy atom. The number of para-hydroxylation sites is 3. The zero-order valence-electron chi connectivity index (χ0n) is 50.7. The van der Waals surface area contributed by atoms with Gasteiger partial charge < -0.3 is 9.80 Å². The van der Waals surface area contributed by atoms with Gasteiger partial charge >= 0.3 is 0 Å². The molecule has 15 rings (SSSR count). The molecule has 0 saturated heterocycles. The van der Waals surface area contributed by atoms with Gasteiger partial charge in [0, 0.05) is 50.8 Å². The van der Waals surface area contributed by atoms with Gasteiger partial charge in [-0.05, 0) is 126 Å². The van der Waals surface area contributed by atoms with E-state index in [1.807, 2.05) is 18.2 Å². The zero-order chi connectivity index (χ0) is 58.0. The van der Waals surface area contributed by atoms with Gasteiger partial charge in [-0.25, -0.2) is 9.97 Å². The number of nitrogens with zero attached hydrogens (tertiary/aromatic N) is 4. The minimum absolute atomic E-state index is 0.0733. The standard InChI is InChI=1S/C69H49BN4/c1-68(2,3)46-39-63-66-64(40-46)74(48-29-14-7-15-30-48)62-42-56-52(41-58(62)70(66)57-37-20-21-38-61(57)73(63)47-27-12-6-13-28-47)49-31-16-18-34-53(49)69(56)54-35-19-17-32-50(54)65-51(33-22-36-55(65)69)60-43-59(44-23-8-4-9-24-44)71-67(72-60)45-25-10-5-11-26-45/h4-43H,1-3H3/i4D,5D,8D,9D,10D,11D,23D,24D,25D,26D. The van der Waals surface area contributed by atoms with E-state index in [-0.39, 0.29) is 40.5 Å². The number of anilines is 6. The summed E-state index contributed by atoms with van der Waals surface area (Å²) in [4.78, 5) is 14.7. The minimum atomic E-state index is -0.920. The van der Waals surface area contributed by atoms with Gasteiger partial charge in [-0.15, -0.1) is 0 Å². The molecule has 2 aliphatic heterocycles. The van der Waals surface area contributed by atoms with Crippen molar-refractivity contribution in [2.45, 2.75) is 31.6 Å². The maximum atomic E-state index is 9.11. The van der Waals surface area contributed by atoms with Crippen LogP contribution in [0.25, 0.3) is 56.2 Å². The summed E-state index contributed by atoms with van der Waals surface area (Å²) in [5.41, 5.74) is 18.5. The Bertz CT molecular complexity index is 4560. The predicted molar refractivity (Wildman–Crippen MR) is 307 cm³/mol. The van der Waals surface area contributed by atoms with Gasteiger partial charge in [0.2, 0.25) is 0 Å². The Morgan fingerprint density at radius 3 is 1.68 bits per heavy atom. The summed E-state index contributed by atoms with van der Waals surface area (Å²) >= 11 is 0. The Morgan fingerprint density at radius 1 is 0.432 bits per heavy atom. The second-order valence-electron chi connectivity index (χ2n) is 20.5. The molecule has 0 N–H and O–H groups in total. The number of fused-ring (bicyclic) bond motifs is 14. The molecule has 1 aromatic heterocycles. The van der Waals surface area contributed by atoms with Crippen molar-refractivity contribution in [2.75, 3.05) is 9.80 Å². The average molecular weight is 955 g/mol. The van der Waals surface area contributed by atoms with Crippen LogP contribution in [0.5, 0.6) is 0 Å². The predicted octanol–water partition coefficient (Wildman–Crippen LogP) is 15.2. The third-order valence-corrected chi connectivity index (χ3v) is 15.6. The van der Waals surface area contributed by atoms with E-state index in [1.165, 1.54) is 22.0 Å². The van der Waals surface area contributed by atoms with Gasteiger partial charge in [0.25, 0.3) is 6.71 Å². The second-order valence-corrected chi connectivity index (χ2v) is 20.5. The van der Waals surface area contributed by atoms with Crippen molar-refractivity contribution >= 4 is 57.2 Å². The summed E-state index contributed by atoms with van der Waals surface area (Å²) in [6.07, 6.45) is 0. The Balaban J connectivity index is 1.03. The van der Waals surface area contributed by atoms with Crippen molar-refractivity contribution in [1.82, 2.24) is 9.97 Å². The minimum Gasteiger partial charge on any atom is -0.311 e. The summed E-state index contributed by atoms with van der Waals surface area (Å²) in [7, 11) is 0. The van der Waals surface area contributed by atoms with Crippen molar-refractivity contribution < 1.29 is 13.7 Å². The molecule has 4 aliphatic rings. The van der Waals surface area contributed by atoms with Gasteiger partial charge in [-0.2, -0.15) is 0 Å². The second kappa shape index (κ2) is 16.0. The Labute approximate surface area is 447 Å². The SMILES string of the molecule is [2H]c1c([2H])c([2H])c(-c2cc(-c3cccc4c3-c3ccccc3C43c4ccccc4-c4cc5c(cc43)N(c3ccccc3)c3cc(C(C)(C)C)cc4c3B5c3ccccc3N4c3ccccc3)nc(-c3c([2H])c([2H])c([2H])c([2H])c3[2H])n2)c([2H])c1[2H]. The average Bonchev–Trinajstić information content (AvgIpc) is 1.75. The monoisotopic (exact) mass is 954 g/mol. The van der Waals surface area contributed by atoms with E-state index in [1.54, 1.807) is 6.07 Å². The van der Waals surface area contributed by atoms with E-state index in [0.717, 1.165) is 78.6 Å². The van der Waals surface area contributed by atoms with Crippen LogP contribution < -0.4 is 26.2 Å². The van der Waals surface area contributed by atoms with Crippen LogP contribution >= 0.6 is 0 Å². The fourth-order valence-corrected chi connectivity index (χ4v) is 12.5. The van der Waals surface area contributed by atoms with Crippen LogP contribution in [0.3, 0.4) is 0 Å². The van der Waals surface area contributed by atoms with Crippen molar-refractivity contribution in [1.29, 1.82) is 0 Å². The smallest absolute Gasteiger partial charge is 0.252 e. The highest BCUT2D eigenvalue weighted by Gasteiger charge is 2.54. The first kappa shape index (κ1) is 33.6. The lowest BCUT2D eigenvalue weighted by Crippen LogP contribution is -2.61. The molecule has 348 valence electrons. The van der Waals surface area contributed by atoms with E-state index in [9.17, 15) is 0 Å². The lowest BCUT2D eigenvalue weighted by molar-refractivity contribution is 0.590. The van der Waals surface area contributed by atoms with Gasteiger partial charge in [-0.3, -0.25) is 0 Å². The molecule has 3 heterocycles. The van der Waals surface area contributed by atoms with Crippen molar-refractivity contribution in [2.24, 2.45) is 0 Å². The number of benzene rings is 10. The van der Waals surface area contributed by atoms with Crippen molar-refractivity contribution in [3.63, 3.8) is 0 Å². The Hall–Kier alpha value is -9.06. The molecular weight excluding hydrogens is 896 g/mol. The van der Waals surface area contributed by atoms with E-state index in [4.69, 9.17) is 23.7 Å². The molecular formula is C69H49BN4. The third kappa shape index (κ3) is 6.04. The van der Waals surface area contributed by atoms with E-state index < -0.39 is 65.8 Å². The van der Waals surface area contributed by atoms with Gasteiger partial charge in [-0.1, -0.05) is 209 Å². The van der Waals surface area contributed by atoms with Crippen LogP contribution in [-0.2, 0) is 10.8 Å². The van der Waals surface area contributed by atoms with Crippen LogP contribution in [0.4, 0.5) is 34.1 Å². The number of rotatable bonds is 5. The fourth-order valence-electron chi connectivity index (χ4n) is 12.5. The molecule has 0 radical (unpaired) electrons. The summed E-state index contributed by atoms with van der Waals surface area (Å²) in [5.74, 6) is -0.261. The molecule has 1 spiro atoms. The molecule has 0 saturated carbocycles. The highest BCUT2D eigenvalue weighted by molar-refractivity contribution is 7.00. The molecule has 0 amide bonds.